The predicted octanol–water partition coefficient (Wildman–Crippen LogP) is 4.33. The summed E-state index contributed by atoms with van der Waals surface area (Å²) < 4.78 is 5.30. The molecule has 1 aromatic carbocycles. The number of carbonyl (C=O) groups excluding carboxylic acids is 1. The van der Waals surface area contributed by atoms with Crippen LogP contribution >= 0.6 is 0 Å². The van der Waals surface area contributed by atoms with Crippen LogP contribution in [0.2, 0.25) is 0 Å². The van der Waals surface area contributed by atoms with Crippen molar-refractivity contribution in [2.24, 2.45) is 5.92 Å². The number of nitrogens with zero attached hydrogens (tertiary/aromatic N) is 1. The molecule has 130 valence electrons. The monoisotopic (exact) mass is 327 g/mol. The van der Waals surface area contributed by atoms with Crippen molar-refractivity contribution in [3.05, 3.63) is 47.2 Å². The van der Waals surface area contributed by atoms with E-state index in [9.17, 15) is 4.79 Å². The van der Waals surface area contributed by atoms with E-state index in [1.165, 1.54) is 42.5 Å². The maximum atomic E-state index is 12.2. The lowest BCUT2D eigenvalue weighted by Gasteiger charge is -2.39. The summed E-state index contributed by atoms with van der Waals surface area (Å²) in [5.41, 5.74) is 4.45. The van der Waals surface area contributed by atoms with Crippen molar-refractivity contribution < 1.29 is 9.53 Å². The van der Waals surface area contributed by atoms with Crippen LogP contribution in [-0.2, 0) is 16.0 Å². The number of carbonyl (C=O) groups is 1. The summed E-state index contributed by atoms with van der Waals surface area (Å²) in [6, 6.07) is 10.7. The average molecular weight is 327 g/mol. The Balaban J connectivity index is 1.63. The molecule has 1 unspecified atom stereocenters. The fraction of sp³-hybridized carbons (Fsp3) is 0.571. The molecule has 1 atom stereocenters. The summed E-state index contributed by atoms with van der Waals surface area (Å²) in [5, 5.41) is 0. The average Bonchev–Trinajstić information content (AvgIpc) is 2.62. The van der Waals surface area contributed by atoms with E-state index in [1.807, 2.05) is 6.92 Å². The fourth-order valence-electron chi connectivity index (χ4n) is 4.05. The number of esters is 1. The van der Waals surface area contributed by atoms with Gasteiger partial charge in [-0.05, 0) is 57.4 Å². The maximum absolute atomic E-state index is 12.2. The Morgan fingerprint density at radius 1 is 1.21 bits per heavy atom. The van der Waals surface area contributed by atoms with E-state index in [4.69, 9.17) is 4.74 Å². The molecule has 0 saturated heterocycles. The molecule has 0 amide bonds. The molecule has 3 heteroatoms. The lowest BCUT2D eigenvalue weighted by atomic mass is 9.84. The highest BCUT2D eigenvalue weighted by molar-refractivity contribution is 5.73. The first-order valence-electron chi connectivity index (χ1n) is 9.44. The predicted molar refractivity (Wildman–Crippen MR) is 96.6 cm³/mol. The standard InChI is InChI=1S/C21H29NO2/c1-2-24-21(23)19-15-18-12-6-7-13-20(18)22(16-19)14-8-11-17-9-4-3-5-10-17/h3-5,9-10,19H,2,6-8,11-16H2,1H3. The van der Waals surface area contributed by atoms with E-state index in [-0.39, 0.29) is 11.9 Å². The molecule has 24 heavy (non-hydrogen) atoms. The van der Waals surface area contributed by atoms with Gasteiger partial charge in [0.15, 0.2) is 0 Å². The molecule has 2 aliphatic rings. The van der Waals surface area contributed by atoms with Gasteiger partial charge in [-0.1, -0.05) is 35.9 Å². The van der Waals surface area contributed by atoms with E-state index >= 15 is 0 Å². The molecule has 0 aromatic heterocycles. The van der Waals surface area contributed by atoms with Crippen molar-refractivity contribution in [2.75, 3.05) is 19.7 Å². The van der Waals surface area contributed by atoms with E-state index in [2.05, 4.69) is 35.2 Å². The minimum Gasteiger partial charge on any atom is -0.466 e. The topological polar surface area (TPSA) is 29.5 Å². The molecule has 1 aliphatic carbocycles. The second-order valence-electron chi connectivity index (χ2n) is 6.95. The molecule has 3 nitrogen and oxygen atoms in total. The first-order chi connectivity index (χ1) is 11.8. The summed E-state index contributed by atoms with van der Waals surface area (Å²) in [7, 11) is 0. The van der Waals surface area contributed by atoms with Crippen LogP contribution in [0.25, 0.3) is 0 Å². The van der Waals surface area contributed by atoms with Gasteiger partial charge in [0, 0.05) is 18.8 Å². The molecule has 0 saturated carbocycles. The quantitative estimate of drug-likeness (QED) is 0.728. The highest BCUT2D eigenvalue weighted by Crippen LogP contribution is 2.36. The van der Waals surface area contributed by atoms with Crippen LogP contribution in [0.5, 0.6) is 0 Å². The van der Waals surface area contributed by atoms with Gasteiger partial charge in [-0.3, -0.25) is 4.79 Å². The number of ether oxygens (including phenoxy) is 1. The zero-order valence-electron chi connectivity index (χ0n) is 14.8. The molecule has 1 aliphatic heterocycles. The second kappa shape index (κ2) is 8.36. The molecular formula is C21H29NO2. The van der Waals surface area contributed by atoms with Gasteiger partial charge < -0.3 is 9.64 Å². The van der Waals surface area contributed by atoms with Crippen LogP contribution in [0.15, 0.2) is 41.6 Å². The molecular weight excluding hydrogens is 298 g/mol. The smallest absolute Gasteiger partial charge is 0.311 e. The largest absolute Gasteiger partial charge is 0.466 e. The molecule has 3 rings (SSSR count). The summed E-state index contributed by atoms with van der Waals surface area (Å²) in [4.78, 5) is 14.7. The highest BCUT2D eigenvalue weighted by Gasteiger charge is 2.32. The van der Waals surface area contributed by atoms with Crippen molar-refractivity contribution in [3.63, 3.8) is 0 Å². The number of benzene rings is 1. The molecule has 0 N–H and O–H groups in total. The van der Waals surface area contributed by atoms with Gasteiger partial charge in [-0.25, -0.2) is 0 Å². The van der Waals surface area contributed by atoms with Gasteiger partial charge in [0.2, 0.25) is 0 Å². The molecule has 0 bridgehead atoms. The first kappa shape index (κ1) is 17.1. The summed E-state index contributed by atoms with van der Waals surface area (Å²) in [6.07, 6.45) is 8.07. The maximum Gasteiger partial charge on any atom is 0.311 e. The first-order valence-corrected chi connectivity index (χ1v) is 9.44. The Kier molecular flexibility index (Phi) is 5.95. The number of hydrogen-bond donors (Lipinski definition) is 0. The van der Waals surface area contributed by atoms with Crippen LogP contribution in [0.4, 0.5) is 0 Å². The van der Waals surface area contributed by atoms with Crippen LogP contribution in [0.3, 0.4) is 0 Å². The Morgan fingerprint density at radius 2 is 2.00 bits per heavy atom. The number of rotatable bonds is 6. The van der Waals surface area contributed by atoms with Crippen molar-refractivity contribution in [1.29, 1.82) is 0 Å². The molecule has 0 fully saturated rings. The van der Waals surface area contributed by atoms with E-state index < -0.39 is 0 Å². The SMILES string of the molecule is CCOC(=O)C1CC2=C(CCCC2)N(CCCc2ccccc2)C1. The van der Waals surface area contributed by atoms with Gasteiger partial charge in [-0.15, -0.1) is 0 Å². The third kappa shape index (κ3) is 4.19. The Bertz CT molecular complexity index is 579. The fourth-order valence-corrected chi connectivity index (χ4v) is 4.05. The normalized spacial score (nSPS) is 20.7. The van der Waals surface area contributed by atoms with Gasteiger partial charge in [0.1, 0.15) is 0 Å². The van der Waals surface area contributed by atoms with Crippen molar-refractivity contribution in [3.8, 4) is 0 Å². The van der Waals surface area contributed by atoms with Crippen molar-refractivity contribution >= 4 is 5.97 Å². The van der Waals surface area contributed by atoms with E-state index in [0.717, 1.165) is 32.4 Å². The van der Waals surface area contributed by atoms with Gasteiger partial charge >= 0.3 is 5.97 Å². The Hall–Kier alpha value is -1.77. The third-order valence-electron chi connectivity index (χ3n) is 5.22. The lowest BCUT2D eigenvalue weighted by molar-refractivity contribution is -0.148. The number of aryl methyl sites for hydroxylation is 1. The minimum absolute atomic E-state index is 0.0114. The Labute approximate surface area is 145 Å². The molecule has 1 aromatic rings. The van der Waals surface area contributed by atoms with Crippen molar-refractivity contribution in [2.45, 2.75) is 51.9 Å². The van der Waals surface area contributed by atoms with E-state index in [0.29, 0.717) is 6.61 Å². The van der Waals surface area contributed by atoms with Gasteiger partial charge in [0.25, 0.3) is 0 Å². The van der Waals surface area contributed by atoms with Gasteiger partial charge in [0.05, 0.1) is 12.5 Å². The van der Waals surface area contributed by atoms with Crippen molar-refractivity contribution in [1.82, 2.24) is 4.90 Å². The number of hydrogen-bond acceptors (Lipinski definition) is 3. The van der Waals surface area contributed by atoms with Gasteiger partial charge in [-0.2, -0.15) is 0 Å². The Morgan fingerprint density at radius 3 is 2.79 bits per heavy atom. The van der Waals surface area contributed by atoms with Crippen LogP contribution in [0, 0.1) is 5.92 Å². The molecule has 1 heterocycles. The van der Waals surface area contributed by atoms with E-state index in [1.54, 1.807) is 0 Å². The highest BCUT2D eigenvalue weighted by atomic mass is 16.5. The second-order valence-corrected chi connectivity index (χ2v) is 6.95. The molecule has 0 spiro atoms. The van der Waals surface area contributed by atoms with Crippen LogP contribution in [0.1, 0.15) is 51.0 Å². The third-order valence-corrected chi connectivity index (χ3v) is 5.22. The minimum atomic E-state index is -0.0114. The molecule has 0 radical (unpaired) electrons. The number of allylic oxidation sites excluding steroid dienone is 2. The summed E-state index contributed by atoms with van der Waals surface area (Å²) in [5.74, 6) is 0.0150. The van der Waals surface area contributed by atoms with Crippen LogP contribution in [-0.4, -0.2) is 30.6 Å². The summed E-state index contributed by atoms with van der Waals surface area (Å²) in [6.45, 7) is 4.26. The summed E-state index contributed by atoms with van der Waals surface area (Å²) >= 11 is 0. The van der Waals surface area contributed by atoms with Crippen LogP contribution < -0.4 is 0 Å². The zero-order valence-corrected chi connectivity index (χ0v) is 14.8. The zero-order chi connectivity index (χ0) is 16.8. The lowest BCUT2D eigenvalue weighted by Crippen LogP contribution is -2.40.